The molecule has 5 rings (SSSR count). The summed E-state index contributed by atoms with van der Waals surface area (Å²) >= 11 is 1.41. The number of ether oxygens (including phenoxy) is 2. The van der Waals surface area contributed by atoms with Crippen LogP contribution in [0.25, 0.3) is 16.7 Å². The molecule has 32 heavy (non-hydrogen) atoms. The maximum atomic E-state index is 11.9. The van der Waals surface area contributed by atoms with Crippen LogP contribution in [0.2, 0.25) is 0 Å². The third-order valence-electron chi connectivity index (χ3n) is 5.24. The number of thiophene rings is 1. The second-order valence-corrected chi connectivity index (χ2v) is 8.39. The second-order valence-electron chi connectivity index (χ2n) is 7.48. The van der Waals surface area contributed by atoms with E-state index in [1.165, 1.54) is 11.3 Å². The zero-order valence-corrected chi connectivity index (χ0v) is 18.6. The SMILES string of the molecule is CNC(=O)c1csc(Nc2nc(OC3CCOCC3)c3c(ccn3-c3cnn(C)c3)n2)c1. The van der Waals surface area contributed by atoms with Crippen molar-refractivity contribution in [3.8, 4) is 11.6 Å². The van der Waals surface area contributed by atoms with E-state index in [0.29, 0.717) is 30.6 Å². The van der Waals surface area contributed by atoms with Gasteiger partial charge in [0.2, 0.25) is 11.8 Å². The number of hydrogen-bond acceptors (Lipinski definition) is 8. The van der Waals surface area contributed by atoms with Gasteiger partial charge in [-0.25, -0.2) is 4.98 Å². The molecule has 4 aromatic heterocycles. The average Bonchev–Trinajstić information content (AvgIpc) is 3.54. The van der Waals surface area contributed by atoms with Gasteiger partial charge in [0.25, 0.3) is 5.91 Å². The van der Waals surface area contributed by atoms with Crippen LogP contribution in [0.4, 0.5) is 10.9 Å². The fourth-order valence-corrected chi connectivity index (χ4v) is 4.40. The summed E-state index contributed by atoms with van der Waals surface area (Å²) in [5.41, 5.74) is 3.02. The summed E-state index contributed by atoms with van der Waals surface area (Å²) in [6, 6.07) is 3.70. The Bertz CT molecular complexity index is 1260. The van der Waals surface area contributed by atoms with Gasteiger partial charge >= 0.3 is 0 Å². The second kappa shape index (κ2) is 8.60. The normalized spacial score (nSPS) is 14.6. The first-order chi connectivity index (χ1) is 15.6. The number of carbonyl (C=O) groups excluding carboxylic acids is 1. The van der Waals surface area contributed by atoms with Crippen molar-refractivity contribution in [1.29, 1.82) is 0 Å². The van der Waals surface area contributed by atoms with Gasteiger partial charge in [-0.05, 0) is 12.1 Å². The van der Waals surface area contributed by atoms with Crippen molar-refractivity contribution in [2.75, 3.05) is 25.6 Å². The first kappa shape index (κ1) is 20.5. The zero-order valence-electron chi connectivity index (χ0n) is 17.7. The number of carbonyl (C=O) groups is 1. The lowest BCUT2D eigenvalue weighted by Crippen LogP contribution is -2.26. The molecule has 0 radical (unpaired) electrons. The quantitative estimate of drug-likeness (QED) is 0.462. The van der Waals surface area contributed by atoms with E-state index in [2.05, 4.69) is 20.7 Å². The smallest absolute Gasteiger partial charge is 0.251 e. The highest BCUT2D eigenvalue weighted by atomic mass is 32.1. The lowest BCUT2D eigenvalue weighted by molar-refractivity contribution is 0.0243. The molecule has 1 aliphatic heterocycles. The molecule has 5 heterocycles. The van der Waals surface area contributed by atoms with Gasteiger partial charge in [-0.3, -0.25) is 9.48 Å². The standard InChI is InChI=1S/C21H23N7O3S/c1-22-19(29)13-9-17(32-12-13)25-21-24-16-3-6-28(14-10-23-27(2)11-14)18(16)20(26-21)31-15-4-7-30-8-5-15/h3,6,9-12,15H,4-5,7-8H2,1-2H3,(H,22,29)(H,24,25,26). The number of nitrogens with zero attached hydrogens (tertiary/aromatic N) is 5. The summed E-state index contributed by atoms with van der Waals surface area (Å²) in [7, 11) is 3.48. The minimum absolute atomic E-state index is 0.0218. The largest absolute Gasteiger partial charge is 0.473 e. The molecule has 1 fully saturated rings. The molecule has 1 aliphatic rings. The van der Waals surface area contributed by atoms with Crippen molar-refractivity contribution >= 4 is 39.2 Å². The van der Waals surface area contributed by atoms with Crippen LogP contribution in [0, 0.1) is 0 Å². The Labute approximate surface area is 188 Å². The third kappa shape index (κ3) is 4.04. The molecule has 11 heteroatoms. The fourth-order valence-electron chi connectivity index (χ4n) is 3.63. The van der Waals surface area contributed by atoms with Gasteiger partial charge in [0.1, 0.15) is 11.6 Å². The molecule has 1 amide bonds. The van der Waals surface area contributed by atoms with Crippen LogP contribution < -0.4 is 15.4 Å². The molecule has 0 aliphatic carbocycles. The van der Waals surface area contributed by atoms with Crippen molar-refractivity contribution in [3.63, 3.8) is 0 Å². The molecule has 2 N–H and O–H groups in total. The van der Waals surface area contributed by atoms with Gasteiger partial charge in [0.15, 0.2) is 0 Å². The van der Waals surface area contributed by atoms with Crippen LogP contribution in [0.1, 0.15) is 23.2 Å². The van der Waals surface area contributed by atoms with E-state index in [0.717, 1.165) is 34.6 Å². The highest BCUT2D eigenvalue weighted by Gasteiger charge is 2.21. The minimum atomic E-state index is -0.136. The fraction of sp³-hybridized carbons (Fsp3) is 0.333. The van der Waals surface area contributed by atoms with Crippen molar-refractivity contribution in [3.05, 3.63) is 41.7 Å². The van der Waals surface area contributed by atoms with E-state index >= 15 is 0 Å². The van der Waals surface area contributed by atoms with E-state index < -0.39 is 0 Å². The van der Waals surface area contributed by atoms with E-state index in [1.54, 1.807) is 29.4 Å². The highest BCUT2D eigenvalue weighted by Crippen LogP contribution is 2.31. The Morgan fingerprint density at radius 3 is 2.91 bits per heavy atom. The van der Waals surface area contributed by atoms with Crippen LogP contribution in [-0.4, -0.2) is 56.6 Å². The molecule has 166 valence electrons. The summed E-state index contributed by atoms with van der Waals surface area (Å²) < 4.78 is 15.6. The van der Waals surface area contributed by atoms with Crippen LogP contribution in [0.3, 0.4) is 0 Å². The first-order valence-electron chi connectivity index (χ1n) is 10.3. The molecule has 10 nitrogen and oxygen atoms in total. The predicted molar refractivity (Wildman–Crippen MR) is 121 cm³/mol. The number of hydrogen-bond donors (Lipinski definition) is 2. The van der Waals surface area contributed by atoms with Crippen molar-refractivity contribution < 1.29 is 14.3 Å². The Morgan fingerprint density at radius 1 is 1.31 bits per heavy atom. The molecule has 0 spiro atoms. The van der Waals surface area contributed by atoms with Crippen LogP contribution in [-0.2, 0) is 11.8 Å². The number of aryl methyl sites for hydroxylation is 1. The Hall–Kier alpha value is -3.44. The third-order valence-corrected chi connectivity index (χ3v) is 6.09. The van der Waals surface area contributed by atoms with Gasteiger partial charge in [0.05, 0.1) is 41.2 Å². The van der Waals surface area contributed by atoms with E-state index in [9.17, 15) is 4.79 Å². The summed E-state index contributed by atoms with van der Waals surface area (Å²) in [5.74, 6) is 0.776. The van der Waals surface area contributed by atoms with E-state index in [-0.39, 0.29) is 12.0 Å². The van der Waals surface area contributed by atoms with Crippen molar-refractivity contribution in [2.24, 2.45) is 7.05 Å². The number of nitrogens with one attached hydrogen (secondary N) is 2. The molecule has 4 aromatic rings. The van der Waals surface area contributed by atoms with E-state index in [1.807, 2.05) is 30.1 Å². The molecule has 0 saturated carbocycles. The minimum Gasteiger partial charge on any atom is -0.473 e. The van der Waals surface area contributed by atoms with E-state index in [4.69, 9.17) is 14.5 Å². The van der Waals surface area contributed by atoms with Gasteiger partial charge in [0, 0.05) is 44.7 Å². The molecule has 0 atom stereocenters. The number of amides is 1. The highest BCUT2D eigenvalue weighted by molar-refractivity contribution is 7.14. The molecule has 1 saturated heterocycles. The van der Waals surface area contributed by atoms with Gasteiger partial charge in [-0.2, -0.15) is 10.1 Å². The van der Waals surface area contributed by atoms with Gasteiger partial charge < -0.3 is 24.7 Å². The summed E-state index contributed by atoms with van der Waals surface area (Å²) in [5, 5.41) is 12.7. The van der Waals surface area contributed by atoms with Crippen molar-refractivity contribution in [2.45, 2.75) is 18.9 Å². The average molecular weight is 454 g/mol. The monoisotopic (exact) mass is 453 g/mol. The Balaban J connectivity index is 1.53. The zero-order chi connectivity index (χ0) is 22.1. The maximum Gasteiger partial charge on any atom is 0.251 e. The Kier molecular flexibility index (Phi) is 5.50. The number of aromatic nitrogens is 5. The lowest BCUT2D eigenvalue weighted by atomic mass is 10.1. The predicted octanol–water partition coefficient (Wildman–Crippen LogP) is 2.88. The van der Waals surface area contributed by atoms with Crippen molar-refractivity contribution in [1.82, 2.24) is 29.6 Å². The van der Waals surface area contributed by atoms with Crippen LogP contribution in [0.15, 0.2) is 36.1 Å². The molecule has 0 unspecified atom stereocenters. The summed E-state index contributed by atoms with van der Waals surface area (Å²) in [4.78, 5) is 21.3. The number of fused-ring (bicyclic) bond motifs is 1. The van der Waals surface area contributed by atoms with Gasteiger partial charge in [-0.15, -0.1) is 11.3 Å². The summed E-state index contributed by atoms with van der Waals surface area (Å²) in [6.07, 6.45) is 7.29. The molecular weight excluding hydrogens is 430 g/mol. The topological polar surface area (TPSA) is 108 Å². The summed E-state index contributed by atoms with van der Waals surface area (Å²) in [6.45, 7) is 1.34. The first-order valence-corrected chi connectivity index (χ1v) is 11.2. The van der Waals surface area contributed by atoms with Gasteiger partial charge in [-0.1, -0.05) is 0 Å². The molecule has 0 aromatic carbocycles. The number of rotatable bonds is 6. The lowest BCUT2D eigenvalue weighted by Gasteiger charge is -2.23. The number of anilines is 2. The Morgan fingerprint density at radius 2 is 2.16 bits per heavy atom. The van der Waals surface area contributed by atoms with Crippen LogP contribution in [0.5, 0.6) is 5.88 Å². The maximum absolute atomic E-state index is 11.9. The molecular formula is C21H23N7O3S. The van der Waals surface area contributed by atoms with Crippen LogP contribution >= 0.6 is 11.3 Å². The molecule has 0 bridgehead atoms.